The number of carbonyl (C=O) groups is 2. The Labute approximate surface area is 83.3 Å². The summed E-state index contributed by atoms with van der Waals surface area (Å²) in [5, 5.41) is 2.52. The van der Waals surface area contributed by atoms with Gasteiger partial charge in [-0.25, -0.2) is 4.79 Å². The predicted molar refractivity (Wildman–Crippen MR) is 51.6 cm³/mol. The van der Waals surface area contributed by atoms with Crippen molar-refractivity contribution in [2.24, 2.45) is 0 Å². The lowest BCUT2D eigenvalue weighted by molar-refractivity contribution is -0.146. The maximum Gasteiger partial charge on any atom is 0.328 e. The number of rotatable bonds is 4. The van der Waals surface area contributed by atoms with Gasteiger partial charge < -0.3 is 10.1 Å². The van der Waals surface area contributed by atoms with E-state index in [1.54, 1.807) is 0 Å². The molecule has 0 radical (unpaired) electrons. The second-order valence-electron chi connectivity index (χ2n) is 3.35. The van der Waals surface area contributed by atoms with E-state index in [1.165, 1.54) is 0 Å². The molecule has 1 saturated heterocycles. The van der Waals surface area contributed by atoms with Crippen LogP contribution in [0.25, 0.3) is 0 Å². The first kappa shape index (κ1) is 10.8. The van der Waals surface area contributed by atoms with E-state index in [2.05, 4.69) is 11.9 Å². The molecule has 0 unspecified atom stereocenters. The van der Waals surface area contributed by atoms with Crippen LogP contribution in [0.4, 0.5) is 0 Å². The molecule has 4 heteroatoms. The summed E-state index contributed by atoms with van der Waals surface area (Å²) in [6.07, 6.45) is 2.20. The number of hydrogen-bond acceptors (Lipinski definition) is 3. The molecule has 4 nitrogen and oxygen atoms in total. The van der Waals surface area contributed by atoms with Gasteiger partial charge in [-0.3, -0.25) is 4.79 Å². The van der Waals surface area contributed by atoms with Gasteiger partial charge in [0.1, 0.15) is 6.04 Å². The molecule has 1 aliphatic heterocycles. The molecule has 1 heterocycles. The van der Waals surface area contributed by atoms with Crippen molar-refractivity contribution in [2.45, 2.75) is 32.2 Å². The molecule has 1 fully saturated rings. The normalized spacial score (nSPS) is 20.8. The molecule has 0 spiro atoms. The van der Waals surface area contributed by atoms with Crippen LogP contribution in [0.15, 0.2) is 12.2 Å². The van der Waals surface area contributed by atoms with Gasteiger partial charge in [0.15, 0.2) is 0 Å². The van der Waals surface area contributed by atoms with E-state index in [0.29, 0.717) is 18.6 Å². The Kier molecular flexibility index (Phi) is 3.68. The molecule has 14 heavy (non-hydrogen) atoms. The van der Waals surface area contributed by atoms with Gasteiger partial charge >= 0.3 is 5.97 Å². The van der Waals surface area contributed by atoms with Gasteiger partial charge in [-0.15, -0.1) is 0 Å². The van der Waals surface area contributed by atoms with Crippen molar-refractivity contribution in [1.82, 2.24) is 5.32 Å². The van der Waals surface area contributed by atoms with Crippen molar-refractivity contribution in [3.63, 3.8) is 0 Å². The SMILES string of the molecule is C=C1C[C@@H](C(=O)OCCCC)NC1=O. The molecule has 1 atom stereocenters. The number of carbonyl (C=O) groups excluding carboxylic acids is 2. The van der Waals surface area contributed by atoms with E-state index in [9.17, 15) is 9.59 Å². The number of unbranched alkanes of at least 4 members (excludes halogenated alkanes) is 1. The van der Waals surface area contributed by atoms with Crippen LogP contribution in [0, 0.1) is 0 Å². The molecule has 1 aliphatic rings. The molecule has 0 bridgehead atoms. The van der Waals surface area contributed by atoms with Crippen molar-refractivity contribution in [3.8, 4) is 0 Å². The summed E-state index contributed by atoms with van der Waals surface area (Å²) in [6, 6.07) is -0.521. The zero-order valence-corrected chi connectivity index (χ0v) is 8.34. The standard InChI is InChI=1S/C10H15NO3/c1-3-4-5-14-10(13)8-6-7(2)9(12)11-8/h8H,2-6H2,1H3,(H,11,12)/t8-/m0/s1. The minimum atomic E-state index is -0.521. The van der Waals surface area contributed by atoms with Crippen LogP contribution in [0.3, 0.4) is 0 Å². The predicted octanol–water partition coefficient (Wildman–Crippen LogP) is 0.774. The topological polar surface area (TPSA) is 55.4 Å². The third-order valence-corrected chi connectivity index (χ3v) is 2.10. The minimum absolute atomic E-state index is 0.248. The third-order valence-electron chi connectivity index (χ3n) is 2.10. The van der Waals surface area contributed by atoms with Gasteiger partial charge in [0.25, 0.3) is 0 Å². The fourth-order valence-corrected chi connectivity index (χ4v) is 1.21. The Morgan fingerprint density at radius 3 is 2.93 bits per heavy atom. The maximum absolute atomic E-state index is 11.3. The fraction of sp³-hybridized carbons (Fsp3) is 0.600. The summed E-state index contributed by atoms with van der Waals surface area (Å²) >= 11 is 0. The summed E-state index contributed by atoms with van der Waals surface area (Å²) in [4.78, 5) is 22.3. The van der Waals surface area contributed by atoms with E-state index in [-0.39, 0.29) is 11.9 Å². The van der Waals surface area contributed by atoms with E-state index in [4.69, 9.17) is 4.74 Å². The van der Waals surface area contributed by atoms with Crippen LogP contribution in [0.2, 0.25) is 0 Å². The Bertz CT molecular complexity index is 244. The lowest BCUT2D eigenvalue weighted by Gasteiger charge is -2.08. The van der Waals surface area contributed by atoms with E-state index < -0.39 is 6.04 Å². The van der Waals surface area contributed by atoms with Gasteiger partial charge in [0, 0.05) is 12.0 Å². The van der Waals surface area contributed by atoms with Crippen LogP contribution >= 0.6 is 0 Å². The van der Waals surface area contributed by atoms with Gasteiger partial charge in [0.2, 0.25) is 5.91 Å². The molecule has 0 aliphatic carbocycles. The minimum Gasteiger partial charge on any atom is -0.464 e. The van der Waals surface area contributed by atoms with Crippen LogP contribution in [-0.4, -0.2) is 24.5 Å². The monoisotopic (exact) mass is 197 g/mol. The van der Waals surface area contributed by atoms with Crippen LogP contribution in [-0.2, 0) is 14.3 Å². The second-order valence-corrected chi connectivity index (χ2v) is 3.35. The molecule has 0 saturated carbocycles. The molecule has 1 N–H and O–H groups in total. The second kappa shape index (κ2) is 4.79. The quantitative estimate of drug-likeness (QED) is 0.411. The Balaban J connectivity index is 2.32. The van der Waals surface area contributed by atoms with Gasteiger partial charge in [-0.05, 0) is 6.42 Å². The van der Waals surface area contributed by atoms with Crippen LogP contribution in [0.5, 0.6) is 0 Å². The van der Waals surface area contributed by atoms with Crippen molar-refractivity contribution in [2.75, 3.05) is 6.61 Å². The number of amides is 1. The highest BCUT2D eigenvalue weighted by Gasteiger charge is 2.31. The van der Waals surface area contributed by atoms with E-state index >= 15 is 0 Å². The lowest BCUT2D eigenvalue weighted by Crippen LogP contribution is -2.34. The molecule has 0 aromatic rings. The number of ether oxygens (including phenoxy) is 1. The highest BCUT2D eigenvalue weighted by atomic mass is 16.5. The summed E-state index contributed by atoms with van der Waals surface area (Å²) in [7, 11) is 0. The first-order chi connectivity index (χ1) is 6.65. The molecular weight excluding hydrogens is 182 g/mol. The number of nitrogens with one attached hydrogen (secondary N) is 1. The van der Waals surface area contributed by atoms with E-state index in [0.717, 1.165) is 12.8 Å². The summed E-state index contributed by atoms with van der Waals surface area (Å²) in [5.41, 5.74) is 0.447. The largest absolute Gasteiger partial charge is 0.464 e. The molecule has 1 rings (SSSR count). The van der Waals surface area contributed by atoms with Crippen LogP contribution in [0.1, 0.15) is 26.2 Å². The van der Waals surface area contributed by atoms with Gasteiger partial charge in [-0.1, -0.05) is 19.9 Å². The van der Waals surface area contributed by atoms with Gasteiger partial charge in [-0.2, -0.15) is 0 Å². The first-order valence-electron chi connectivity index (χ1n) is 4.80. The summed E-state index contributed by atoms with van der Waals surface area (Å²) in [5.74, 6) is -0.604. The third kappa shape index (κ3) is 2.58. The lowest BCUT2D eigenvalue weighted by atomic mass is 10.2. The zero-order valence-electron chi connectivity index (χ0n) is 8.34. The van der Waals surface area contributed by atoms with Crippen molar-refractivity contribution >= 4 is 11.9 Å². The molecule has 0 aromatic carbocycles. The Morgan fingerprint density at radius 2 is 2.43 bits per heavy atom. The smallest absolute Gasteiger partial charge is 0.328 e. The van der Waals surface area contributed by atoms with E-state index in [1.807, 2.05) is 6.92 Å². The maximum atomic E-state index is 11.3. The summed E-state index contributed by atoms with van der Waals surface area (Å²) < 4.78 is 4.97. The fourth-order valence-electron chi connectivity index (χ4n) is 1.21. The molecule has 78 valence electrons. The molecule has 1 amide bonds. The number of hydrogen-bond donors (Lipinski definition) is 1. The zero-order chi connectivity index (χ0) is 10.6. The Morgan fingerprint density at radius 1 is 1.71 bits per heavy atom. The first-order valence-corrected chi connectivity index (χ1v) is 4.80. The van der Waals surface area contributed by atoms with Crippen molar-refractivity contribution in [1.29, 1.82) is 0 Å². The van der Waals surface area contributed by atoms with Gasteiger partial charge in [0.05, 0.1) is 6.61 Å². The highest BCUT2D eigenvalue weighted by Crippen LogP contribution is 2.13. The summed E-state index contributed by atoms with van der Waals surface area (Å²) in [6.45, 7) is 5.99. The number of esters is 1. The van der Waals surface area contributed by atoms with Crippen LogP contribution < -0.4 is 5.32 Å². The average Bonchev–Trinajstić information content (AvgIpc) is 2.47. The Hall–Kier alpha value is -1.32. The molecule has 0 aromatic heterocycles. The average molecular weight is 197 g/mol. The molecular formula is C10H15NO3. The highest BCUT2D eigenvalue weighted by molar-refractivity contribution is 6.00. The van der Waals surface area contributed by atoms with Crippen molar-refractivity contribution in [3.05, 3.63) is 12.2 Å². The van der Waals surface area contributed by atoms with Crippen molar-refractivity contribution < 1.29 is 14.3 Å².